The number of hydrogen-bond donors (Lipinski definition) is 2. The first-order valence-corrected chi connectivity index (χ1v) is 9.36. The van der Waals surface area contributed by atoms with Crippen molar-refractivity contribution in [1.82, 2.24) is 14.8 Å². The predicted molar refractivity (Wildman–Crippen MR) is 101 cm³/mol. The molecule has 2 saturated heterocycles. The molecule has 26 heavy (non-hydrogen) atoms. The van der Waals surface area contributed by atoms with Gasteiger partial charge >= 0.3 is 0 Å². The summed E-state index contributed by atoms with van der Waals surface area (Å²) in [6.45, 7) is 8.84. The molecule has 0 saturated carbocycles. The standard InChI is InChI=1S/C20H27N3O3/c1-14-15(2)21-18-4-3-16(11-17(14)18)19(24)23-6-5-20(25,13-23)12-22-7-9-26-10-8-22/h3-4,11,21,25H,5-10,12-13H2,1-2H3/t20-/m0/s1. The van der Waals surface area contributed by atoms with Crippen molar-refractivity contribution in [3.05, 3.63) is 35.0 Å². The first-order valence-electron chi connectivity index (χ1n) is 9.36. The van der Waals surface area contributed by atoms with E-state index in [4.69, 9.17) is 4.74 Å². The minimum atomic E-state index is -0.822. The van der Waals surface area contributed by atoms with E-state index in [9.17, 15) is 9.90 Å². The van der Waals surface area contributed by atoms with Crippen molar-refractivity contribution in [3.63, 3.8) is 0 Å². The van der Waals surface area contributed by atoms with Crippen LogP contribution in [0, 0.1) is 13.8 Å². The number of aryl methyl sites for hydroxylation is 2. The molecule has 1 amide bonds. The molecule has 3 heterocycles. The number of morpholine rings is 1. The van der Waals surface area contributed by atoms with E-state index in [2.05, 4.69) is 16.8 Å². The number of aromatic nitrogens is 1. The minimum Gasteiger partial charge on any atom is -0.387 e. The first kappa shape index (κ1) is 17.5. The van der Waals surface area contributed by atoms with Gasteiger partial charge in [-0.3, -0.25) is 9.69 Å². The van der Waals surface area contributed by atoms with E-state index in [0.717, 1.165) is 29.7 Å². The molecule has 1 aromatic heterocycles. The Kier molecular flexibility index (Phi) is 4.50. The Morgan fingerprint density at radius 3 is 2.81 bits per heavy atom. The van der Waals surface area contributed by atoms with Crippen LogP contribution in [0.25, 0.3) is 10.9 Å². The molecule has 0 bridgehead atoms. The fraction of sp³-hybridized carbons (Fsp3) is 0.550. The highest BCUT2D eigenvalue weighted by Crippen LogP contribution is 2.27. The Balaban J connectivity index is 1.47. The Morgan fingerprint density at radius 1 is 1.27 bits per heavy atom. The number of nitrogens with zero attached hydrogens (tertiary/aromatic N) is 2. The van der Waals surface area contributed by atoms with Gasteiger partial charge in [0.25, 0.3) is 5.91 Å². The number of amides is 1. The van der Waals surface area contributed by atoms with Crippen molar-refractivity contribution in [2.24, 2.45) is 0 Å². The molecule has 2 aliphatic rings. The van der Waals surface area contributed by atoms with Crippen molar-refractivity contribution < 1.29 is 14.6 Å². The van der Waals surface area contributed by atoms with Gasteiger partial charge in [0.1, 0.15) is 0 Å². The number of aliphatic hydroxyl groups is 1. The van der Waals surface area contributed by atoms with E-state index in [1.54, 1.807) is 4.90 Å². The number of likely N-dealkylation sites (tertiary alicyclic amines) is 1. The fourth-order valence-electron chi connectivity index (χ4n) is 4.11. The number of aromatic amines is 1. The molecule has 6 nitrogen and oxygen atoms in total. The van der Waals surface area contributed by atoms with Gasteiger partial charge in [-0.15, -0.1) is 0 Å². The Labute approximate surface area is 153 Å². The van der Waals surface area contributed by atoms with Gasteiger partial charge in [-0.25, -0.2) is 0 Å². The summed E-state index contributed by atoms with van der Waals surface area (Å²) in [4.78, 5) is 20.3. The van der Waals surface area contributed by atoms with Crippen molar-refractivity contribution >= 4 is 16.8 Å². The maximum atomic E-state index is 13.0. The summed E-state index contributed by atoms with van der Waals surface area (Å²) >= 11 is 0. The van der Waals surface area contributed by atoms with E-state index >= 15 is 0 Å². The molecule has 4 rings (SSSR count). The van der Waals surface area contributed by atoms with Crippen LogP contribution >= 0.6 is 0 Å². The summed E-state index contributed by atoms with van der Waals surface area (Å²) in [5.41, 5.74) is 3.24. The summed E-state index contributed by atoms with van der Waals surface area (Å²) in [5, 5.41) is 12.0. The smallest absolute Gasteiger partial charge is 0.253 e. The monoisotopic (exact) mass is 357 g/mol. The second kappa shape index (κ2) is 6.68. The molecule has 2 aromatic rings. The quantitative estimate of drug-likeness (QED) is 0.877. The molecule has 1 atom stereocenters. The zero-order valence-corrected chi connectivity index (χ0v) is 15.5. The Hall–Kier alpha value is -1.89. The highest BCUT2D eigenvalue weighted by molar-refractivity contribution is 5.99. The van der Waals surface area contributed by atoms with Gasteiger partial charge < -0.3 is 19.7 Å². The lowest BCUT2D eigenvalue weighted by Gasteiger charge is -2.33. The van der Waals surface area contributed by atoms with Crippen LogP contribution in [-0.4, -0.2) is 77.3 Å². The van der Waals surface area contributed by atoms with Gasteiger partial charge in [0.2, 0.25) is 0 Å². The lowest BCUT2D eigenvalue weighted by molar-refractivity contribution is -0.0257. The number of carbonyl (C=O) groups is 1. The lowest BCUT2D eigenvalue weighted by Crippen LogP contribution is -2.49. The van der Waals surface area contributed by atoms with Crippen LogP contribution in [0.2, 0.25) is 0 Å². The average molecular weight is 357 g/mol. The molecule has 0 spiro atoms. The summed E-state index contributed by atoms with van der Waals surface area (Å²) in [6.07, 6.45) is 0.626. The zero-order valence-electron chi connectivity index (χ0n) is 15.5. The number of carbonyl (C=O) groups excluding carboxylic acids is 1. The molecule has 2 aliphatic heterocycles. The third-order valence-electron chi connectivity index (χ3n) is 5.80. The molecule has 6 heteroatoms. The van der Waals surface area contributed by atoms with Crippen LogP contribution in [0.3, 0.4) is 0 Å². The second-order valence-corrected chi connectivity index (χ2v) is 7.72. The van der Waals surface area contributed by atoms with Crippen LogP contribution in [0.5, 0.6) is 0 Å². The topological polar surface area (TPSA) is 68.8 Å². The number of ether oxygens (including phenoxy) is 1. The van der Waals surface area contributed by atoms with E-state index in [1.807, 2.05) is 25.1 Å². The van der Waals surface area contributed by atoms with Crippen molar-refractivity contribution in [2.75, 3.05) is 45.9 Å². The number of H-pyrrole nitrogens is 1. The number of hydrogen-bond acceptors (Lipinski definition) is 4. The van der Waals surface area contributed by atoms with E-state index < -0.39 is 5.60 Å². The Bertz CT molecular complexity index is 825. The van der Waals surface area contributed by atoms with Crippen LogP contribution in [0.4, 0.5) is 0 Å². The summed E-state index contributed by atoms with van der Waals surface area (Å²) in [5.74, 6) is 0.00283. The third kappa shape index (κ3) is 3.24. The summed E-state index contributed by atoms with van der Waals surface area (Å²) < 4.78 is 5.37. The third-order valence-corrected chi connectivity index (χ3v) is 5.80. The van der Waals surface area contributed by atoms with Gasteiger partial charge in [0.05, 0.1) is 25.4 Å². The number of rotatable bonds is 3. The van der Waals surface area contributed by atoms with Crippen molar-refractivity contribution in [2.45, 2.75) is 25.9 Å². The summed E-state index contributed by atoms with van der Waals surface area (Å²) in [7, 11) is 0. The zero-order chi connectivity index (χ0) is 18.3. The fourth-order valence-corrected chi connectivity index (χ4v) is 4.11. The van der Waals surface area contributed by atoms with E-state index in [-0.39, 0.29) is 5.91 Å². The molecular weight excluding hydrogens is 330 g/mol. The summed E-state index contributed by atoms with van der Waals surface area (Å²) in [6, 6.07) is 5.81. The highest BCUT2D eigenvalue weighted by atomic mass is 16.5. The van der Waals surface area contributed by atoms with E-state index in [1.165, 1.54) is 5.56 Å². The maximum absolute atomic E-state index is 13.0. The lowest BCUT2D eigenvalue weighted by atomic mass is 10.0. The second-order valence-electron chi connectivity index (χ2n) is 7.72. The molecular formula is C20H27N3O3. The van der Waals surface area contributed by atoms with Gasteiger partial charge in [0, 0.05) is 48.3 Å². The molecule has 0 unspecified atom stereocenters. The maximum Gasteiger partial charge on any atom is 0.253 e. The highest BCUT2D eigenvalue weighted by Gasteiger charge is 2.39. The van der Waals surface area contributed by atoms with Crippen molar-refractivity contribution in [1.29, 1.82) is 0 Å². The molecule has 140 valence electrons. The minimum absolute atomic E-state index is 0.00283. The Morgan fingerprint density at radius 2 is 2.04 bits per heavy atom. The number of fused-ring (bicyclic) bond motifs is 1. The number of β-amino-alcohol motifs (C(OH)–C–C–N with tert-alkyl or cyclic N) is 1. The van der Waals surface area contributed by atoms with Gasteiger partial charge in [-0.1, -0.05) is 0 Å². The SMILES string of the molecule is Cc1[nH]c2ccc(C(=O)N3CC[C@](O)(CN4CCOCC4)C3)cc2c1C. The van der Waals surface area contributed by atoms with Crippen LogP contribution in [-0.2, 0) is 4.74 Å². The molecule has 2 fully saturated rings. The molecule has 0 radical (unpaired) electrons. The average Bonchev–Trinajstić information content (AvgIpc) is 3.15. The largest absolute Gasteiger partial charge is 0.387 e. The van der Waals surface area contributed by atoms with Crippen LogP contribution in [0.15, 0.2) is 18.2 Å². The van der Waals surface area contributed by atoms with Gasteiger partial charge in [0.15, 0.2) is 0 Å². The predicted octanol–water partition coefficient (Wildman–Crippen LogP) is 1.69. The van der Waals surface area contributed by atoms with Crippen molar-refractivity contribution in [3.8, 4) is 0 Å². The number of nitrogens with one attached hydrogen (secondary N) is 1. The molecule has 2 N–H and O–H groups in total. The first-order chi connectivity index (χ1) is 12.5. The number of benzene rings is 1. The van der Waals surface area contributed by atoms with Crippen LogP contribution in [0.1, 0.15) is 28.0 Å². The normalized spacial score (nSPS) is 24.5. The molecule has 1 aromatic carbocycles. The van der Waals surface area contributed by atoms with Crippen LogP contribution < -0.4 is 0 Å². The van der Waals surface area contributed by atoms with Gasteiger partial charge in [-0.2, -0.15) is 0 Å². The molecule has 0 aliphatic carbocycles. The van der Waals surface area contributed by atoms with E-state index in [0.29, 0.717) is 44.8 Å². The van der Waals surface area contributed by atoms with Gasteiger partial charge in [-0.05, 0) is 44.0 Å².